The molecule has 50 heavy (non-hydrogen) atoms. The van der Waals surface area contributed by atoms with Crippen LogP contribution in [0.3, 0.4) is 0 Å². The molecule has 0 aromatic heterocycles. The van der Waals surface area contributed by atoms with Crippen molar-refractivity contribution in [1.82, 2.24) is 0 Å². The van der Waals surface area contributed by atoms with Gasteiger partial charge in [-0.05, 0) is 115 Å². The highest BCUT2D eigenvalue weighted by molar-refractivity contribution is 5.89. The molecule has 0 bridgehead atoms. The average Bonchev–Trinajstić information content (AvgIpc) is 3.52. The quantitative estimate of drug-likeness (QED) is 0.173. The van der Waals surface area contributed by atoms with Gasteiger partial charge in [0, 0.05) is 22.5 Å². The Kier molecular flexibility index (Phi) is 4.61. The Morgan fingerprint density at radius 3 is 1.72 bits per heavy atom. The standard InChI is InChI=1S/C49H37N/c1-49(2)47-18-9-8-17-45(47)46-30-29-44(33-48(46)49)50(42-25-21-36(22-26-42)34-11-4-3-5-12-34)43-27-23-37(24-28-43)39-15-10-16-40(31-39)41-20-19-35-13-6-7-14-38(35)32-41/h3-33H,1-2H3/i3D,4D,5D,11D,12D,21D,22D,23D,24D,25D,26D,27D,28D. The van der Waals surface area contributed by atoms with Crippen LogP contribution in [-0.2, 0) is 5.41 Å². The molecule has 1 heteroatoms. The Morgan fingerprint density at radius 1 is 0.400 bits per heavy atom. The molecule has 0 unspecified atom stereocenters. The number of hydrogen-bond donors (Lipinski definition) is 0. The number of benzene rings is 8. The topological polar surface area (TPSA) is 3.24 Å². The van der Waals surface area contributed by atoms with E-state index in [1.54, 1.807) is 24.3 Å². The summed E-state index contributed by atoms with van der Waals surface area (Å²) in [5.41, 5.74) is 3.87. The summed E-state index contributed by atoms with van der Waals surface area (Å²) >= 11 is 0. The highest BCUT2D eigenvalue weighted by atomic mass is 15.1. The summed E-state index contributed by atoms with van der Waals surface area (Å²) in [6.07, 6.45) is 0. The van der Waals surface area contributed by atoms with Gasteiger partial charge in [0.1, 0.15) is 0 Å². The minimum atomic E-state index is -0.721. The first-order chi connectivity index (χ1) is 29.9. The molecule has 1 nitrogen and oxygen atoms in total. The van der Waals surface area contributed by atoms with Crippen molar-refractivity contribution in [2.75, 3.05) is 4.90 Å². The van der Waals surface area contributed by atoms with Gasteiger partial charge in [-0.25, -0.2) is 0 Å². The molecule has 1 aliphatic carbocycles. The Bertz CT molecular complexity index is 3180. The number of rotatable bonds is 6. The van der Waals surface area contributed by atoms with Gasteiger partial charge in [0.05, 0.1) is 17.8 Å². The molecule has 0 heterocycles. The number of hydrogen-bond acceptors (Lipinski definition) is 1. The fourth-order valence-corrected chi connectivity index (χ4v) is 6.90. The third kappa shape index (κ3) is 5.19. The van der Waals surface area contributed by atoms with Crippen molar-refractivity contribution < 1.29 is 17.8 Å². The van der Waals surface area contributed by atoms with Gasteiger partial charge in [-0.1, -0.05) is 153 Å². The molecule has 0 N–H and O–H groups in total. The smallest absolute Gasteiger partial charge is 0.0645 e. The zero-order chi connectivity index (χ0) is 45.0. The Balaban J connectivity index is 1.29. The summed E-state index contributed by atoms with van der Waals surface area (Å²) in [5.74, 6) is 0. The molecule has 9 rings (SSSR count). The first kappa shape index (κ1) is 19.1. The van der Waals surface area contributed by atoms with Gasteiger partial charge >= 0.3 is 0 Å². The molecule has 0 atom stereocenters. The van der Waals surface area contributed by atoms with Crippen molar-refractivity contribution in [1.29, 1.82) is 0 Å². The lowest BCUT2D eigenvalue weighted by Crippen LogP contribution is -2.16. The fraction of sp³-hybridized carbons (Fsp3) is 0.0612. The molecule has 0 amide bonds. The molecule has 8 aromatic rings. The molecule has 238 valence electrons. The zero-order valence-corrected chi connectivity index (χ0v) is 27.3. The summed E-state index contributed by atoms with van der Waals surface area (Å²) < 4.78 is 117. The maximum atomic E-state index is 9.59. The van der Waals surface area contributed by atoms with E-state index < -0.39 is 101 Å². The second-order valence-electron chi connectivity index (χ2n) is 12.8. The van der Waals surface area contributed by atoms with E-state index in [4.69, 9.17) is 6.85 Å². The number of nitrogens with zero attached hydrogens (tertiary/aromatic N) is 1. The maximum Gasteiger partial charge on any atom is 0.0645 e. The molecule has 0 radical (unpaired) electrons. The van der Waals surface area contributed by atoms with E-state index >= 15 is 0 Å². The van der Waals surface area contributed by atoms with Gasteiger partial charge in [0.15, 0.2) is 0 Å². The monoisotopic (exact) mass is 652 g/mol. The highest BCUT2D eigenvalue weighted by Gasteiger charge is 2.35. The molecular formula is C49H37N. The Labute approximate surface area is 313 Å². The van der Waals surface area contributed by atoms with Crippen LogP contribution in [0.4, 0.5) is 17.1 Å². The summed E-state index contributed by atoms with van der Waals surface area (Å²) in [6.45, 7) is 4.10. The van der Waals surface area contributed by atoms with E-state index in [1.807, 2.05) is 98.8 Å². The molecular weight excluding hydrogens is 603 g/mol. The van der Waals surface area contributed by atoms with E-state index in [-0.39, 0.29) is 16.9 Å². The van der Waals surface area contributed by atoms with Crippen molar-refractivity contribution >= 4 is 27.8 Å². The molecule has 8 aromatic carbocycles. The third-order valence-corrected chi connectivity index (χ3v) is 9.48. The molecule has 0 aliphatic heterocycles. The van der Waals surface area contributed by atoms with Crippen LogP contribution in [0.2, 0.25) is 0 Å². The zero-order valence-electron chi connectivity index (χ0n) is 40.3. The predicted octanol–water partition coefficient (Wildman–Crippen LogP) is 13.6. The lowest BCUT2D eigenvalue weighted by molar-refractivity contribution is 0.660. The molecule has 0 fully saturated rings. The van der Waals surface area contributed by atoms with E-state index in [9.17, 15) is 11.0 Å². The van der Waals surface area contributed by atoms with Crippen LogP contribution in [0.5, 0.6) is 0 Å². The van der Waals surface area contributed by atoms with Crippen LogP contribution in [0.25, 0.3) is 55.3 Å². The Hall–Kier alpha value is -6.18. The third-order valence-electron chi connectivity index (χ3n) is 9.48. The molecule has 1 aliphatic rings. The highest BCUT2D eigenvalue weighted by Crippen LogP contribution is 2.50. The van der Waals surface area contributed by atoms with Crippen LogP contribution in [0, 0.1) is 0 Å². The molecule has 0 saturated heterocycles. The van der Waals surface area contributed by atoms with Crippen LogP contribution < -0.4 is 4.90 Å². The average molecular weight is 653 g/mol. The van der Waals surface area contributed by atoms with Crippen molar-refractivity contribution in [3.63, 3.8) is 0 Å². The van der Waals surface area contributed by atoms with E-state index in [0.29, 0.717) is 5.56 Å². The summed E-state index contributed by atoms with van der Waals surface area (Å²) in [7, 11) is 0. The summed E-state index contributed by atoms with van der Waals surface area (Å²) in [4.78, 5) is 1.22. The van der Waals surface area contributed by atoms with E-state index in [2.05, 4.69) is 0 Å². The minimum absolute atomic E-state index is 0.0259. The summed E-state index contributed by atoms with van der Waals surface area (Å²) in [6, 6.07) is 26.4. The van der Waals surface area contributed by atoms with E-state index in [1.165, 1.54) is 4.90 Å². The van der Waals surface area contributed by atoms with Gasteiger partial charge in [0.25, 0.3) is 0 Å². The van der Waals surface area contributed by atoms with Crippen LogP contribution >= 0.6 is 0 Å². The maximum absolute atomic E-state index is 9.59. The number of fused-ring (bicyclic) bond motifs is 4. The summed E-state index contributed by atoms with van der Waals surface area (Å²) in [5, 5.41) is 2.10. The van der Waals surface area contributed by atoms with E-state index in [0.717, 1.165) is 44.2 Å². The lowest BCUT2D eigenvalue weighted by atomic mass is 9.82. The van der Waals surface area contributed by atoms with Gasteiger partial charge in [-0.15, -0.1) is 0 Å². The van der Waals surface area contributed by atoms with Crippen LogP contribution in [0.1, 0.15) is 42.8 Å². The fourth-order valence-electron chi connectivity index (χ4n) is 6.90. The van der Waals surface area contributed by atoms with Crippen molar-refractivity contribution in [2.24, 2.45) is 0 Å². The first-order valence-corrected chi connectivity index (χ1v) is 16.4. The lowest BCUT2D eigenvalue weighted by Gasteiger charge is -2.28. The van der Waals surface area contributed by atoms with Gasteiger partial charge in [-0.3, -0.25) is 0 Å². The van der Waals surface area contributed by atoms with Crippen molar-refractivity contribution in [3.8, 4) is 44.5 Å². The largest absolute Gasteiger partial charge is 0.310 e. The predicted molar refractivity (Wildman–Crippen MR) is 213 cm³/mol. The number of anilines is 3. The van der Waals surface area contributed by atoms with Gasteiger partial charge in [0.2, 0.25) is 0 Å². The second-order valence-corrected chi connectivity index (χ2v) is 12.8. The second kappa shape index (κ2) is 12.1. The van der Waals surface area contributed by atoms with Gasteiger partial charge < -0.3 is 4.90 Å². The van der Waals surface area contributed by atoms with Crippen molar-refractivity contribution in [2.45, 2.75) is 19.3 Å². The SMILES string of the molecule is [2H]c1c([2H])c([2H])c(-c2c([2H])c([2H])c(N(c3ccc4c(c3)C(C)(C)c3ccccc3-4)c3c([2H])c([2H])c(-c4cccc(-c5ccc6ccccc6c5)c4)c([2H])c3[2H])c([2H])c2[2H])c([2H])c1[2H]. The first-order valence-electron chi connectivity index (χ1n) is 22.9. The molecule has 0 spiro atoms. The normalized spacial score (nSPS) is 16.4. The minimum Gasteiger partial charge on any atom is -0.310 e. The Morgan fingerprint density at radius 2 is 0.980 bits per heavy atom. The van der Waals surface area contributed by atoms with Crippen LogP contribution in [-0.4, -0.2) is 0 Å². The van der Waals surface area contributed by atoms with Crippen LogP contribution in [0.15, 0.2) is 188 Å². The van der Waals surface area contributed by atoms with Crippen molar-refractivity contribution in [3.05, 3.63) is 199 Å². The van der Waals surface area contributed by atoms with Gasteiger partial charge in [-0.2, -0.15) is 0 Å². The molecule has 0 saturated carbocycles.